The Morgan fingerprint density at radius 2 is 1.84 bits per heavy atom. The second kappa shape index (κ2) is 5.28. The molecular weight excluding hydrogens is 240 g/mol. The minimum atomic E-state index is 0.0405. The number of amides is 1. The number of carbonyl (C=O) groups is 1. The van der Waals surface area contributed by atoms with Crippen molar-refractivity contribution in [1.82, 2.24) is 9.47 Å². The van der Waals surface area contributed by atoms with Crippen LogP contribution in [0, 0.1) is 0 Å². The summed E-state index contributed by atoms with van der Waals surface area (Å²) >= 11 is 0. The highest BCUT2D eigenvalue weighted by atomic mass is 16.5. The molecule has 4 nitrogen and oxygen atoms in total. The average Bonchev–Trinajstić information content (AvgIpc) is 3.02. The molecule has 1 aromatic carbocycles. The molecule has 0 spiro atoms. The lowest BCUT2D eigenvalue weighted by Gasteiger charge is -2.26. The van der Waals surface area contributed by atoms with E-state index >= 15 is 0 Å². The van der Waals surface area contributed by atoms with Crippen LogP contribution in [-0.2, 0) is 4.74 Å². The fourth-order valence-corrected chi connectivity index (χ4v) is 2.22. The first-order chi connectivity index (χ1) is 9.34. The van der Waals surface area contributed by atoms with Gasteiger partial charge in [-0.1, -0.05) is 0 Å². The van der Waals surface area contributed by atoms with Crippen molar-refractivity contribution in [2.75, 3.05) is 19.9 Å². The Morgan fingerprint density at radius 1 is 1.11 bits per heavy atom. The van der Waals surface area contributed by atoms with Crippen LogP contribution in [0.4, 0.5) is 0 Å². The minimum Gasteiger partial charge on any atom is -0.361 e. The van der Waals surface area contributed by atoms with E-state index in [4.69, 9.17) is 4.74 Å². The maximum absolute atomic E-state index is 12.2. The van der Waals surface area contributed by atoms with Crippen LogP contribution in [0.1, 0.15) is 16.8 Å². The van der Waals surface area contributed by atoms with Crippen LogP contribution in [0.5, 0.6) is 0 Å². The smallest absolute Gasteiger partial charge is 0.255 e. The summed E-state index contributed by atoms with van der Waals surface area (Å²) in [7, 11) is 0. The van der Waals surface area contributed by atoms with E-state index in [2.05, 4.69) is 0 Å². The number of benzene rings is 1. The lowest BCUT2D eigenvalue weighted by molar-refractivity contribution is -0.00571. The number of ether oxygens (including phenoxy) is 1. The van der Waals surface area contributed by atoms with Crippen molar-refractivity contribution < 1.29 is 9.53 Å². The van der Waals surface area contributed by atoms with Crippen molar-refractivity contribution in [3.8, 4) is 5.69 Å². The zero-order chi connectivity index (χ0) is 13.1. The molecule has 0 radical (unpaired) electrons. The largest absolute Gasteiger partial charge is 0.361 e. The van der Waals surface area contributed by atoms with E-state index in [0.29, 0.717) is 12.3 Å². The second-order valence-electron chi connectivity index (χ2n) is 4.60. The van der Waals surface area contributed by atoms with Crippen molar-refractivity contribution >= 4 is 5.91 Å². The normalized spacial score (nSPS) is 15.5. The van der Waals surface area contributed by atoms with Gasteiger partial charge in [0, 0.05) is 30.2 Å². The van der Waals surface area contributed by atoms with E-state index < -0.39 is 0 Å². The SMILES string of the molecule is O=C(c1ccc(-n2cccc2)cc1)N1CCCOC1. The van der Waals surface area contributed by atoms with Gasteiger partial charge in [0.1, 0.15) is 6.73 Å². The molecule has 1 aliphatic heterocycles. The monoisotopic (exact) mass is 256 g/mol. The second-order valence-corrected chi connectivity index (χ2v) is 4.60. The molecule has 2 aromatic rings. The van der Waals surface area contributed by atoms with Crippen LogP contribution < -0.4 is 0 Å². The molecule has 1 amide bonds. The van der Waals surface area contributed by atoms with Crippen molar-refractivity contribution in [3.05, 3.63) is 54.4 Å². The Hall–Kier alpha value is -2.07. The van der Waals surface area contributed by atoms with Gasteiger partial charge < -0.3 is 14.2 Å². The molecule has 0 N–H and O–H groups in total. The molecule has 2 heterocycles. The predicted molar refractivity (Wildman–Crippen MR) is 72.2 cm³/mol. The molecule has 0 aliphatic carbocycles. The average molecular weight is 256 g/mol. The van der Waals surface area contributed by atoms with Crippen molar-refractivity contribution in [2.24, 2.45) is 0 Å². The van der Waals surface area contributed by atoms with Gasteiger partial charge in [0.25, 0.3) is 5.91 Å². The quantitative estimate of drug-likeness (QED) is 0.826. The number of rotatable bonds is 2. The highest BCUT2D eigenvalue weighted by molar-refractivity contribution is 5.94. The first kappa shape index (κ1) is 12.0. The number of carbonyl (C=O) groups excluding carboxylic acids is 1. The van der Waals surface area contributed by atoms with E-state index in [-0.39, 0.29) is 5.91 Å². The van der Waals surface area contributed by atoms with E-state index in [1.54, 1.807) is 4.90 Å². The van der Waals surface area contributed by atoms with Crippen LogP contribution in [0.3, 0.4) is 0 Å². The molecule has 1 fully saturated rings. The van der Waals surface area contributed by atoms with Crippen molar-refractivity contribution in [1.29, 1.82) is 0 Å². The summed E-state index contributed by atoms with van der Waals surface area (Å²) in [6.45, 7) is 1.92. The summed E-state index contributed by atoms with van der Waals surface area (Å²) in [5.74, 6) is 0.0405. The van der Waals surface area contributed by atoms with Crippen LogP contribution in [0.2, 0.25) is 0 Å². The third-order valence-electron chi connectivity index (χ3n) is 3.27. The van der Waals surface area contributed by atoms with Crippen LogP contribution >= 0.6 is 0 Å². The first-order valence-electron chi connectivity index (χ1n) is 6.45. The molecule has 0 unspecified atom stereocenters. The van der Waals surface area contributed by atoms with Crippen LogP contribution in [0.25, 0.3) is 5.69 Å². The van der Waals surface area contributed by atoms with Crippen molar-refractivity contribution in [2.45, 2.75) is 6.42 Å². The molecule has 1 aliphatic rings. The molecule has 0 saturated carbocycles. The first-order valence-corrected chi connectivity index (χ1v) is 6.45. The summed E-state index contributed by atoms with van der Waals surface area (Å²) in [6, 6.07) is 11.6. The summed E-state index contributed by atoms with van der Waals surface area (Å²) in [5, 5.41) is 0. The molecule has 0 atom stereocenters. The third kappa shape index (κ3) is 2.53. The summed E-state index contributed by atoms with van der Waals surface area (Å²) in [6.07, 6.45) is 4.87. The van der Waals surface area contributed by atoms with Gasteiger partial charge in [-0.3, -0.25) is 4.79 Å². The predicted octanol–water partition coefficient (Wildman–Crippen LogP) is 2.30. The molecule has 98 valence electrons. The zero-order valence-corrected chi connectivity index (χ0v) is 10.7. The molecule has 3 rings (SSSR count). The standard InChI is InChI=1S/C15H16N2O2/c18-15(17-10-3-11-19-12-17)13-4-6-14(7-5-13)16-8-1-2-9-16/h1-2,4-9H,3,10-12H2. The molecular formula is C15H16N2O2. The Labute approximate surface area is 112 Å². The van der Waals surface area contributed by atoms with Crippen LogP contribution in [-0.4, -0.2) is 35.3 Å². The van der Waals surface area contributed by atoms with E-state index in [1.807, 2.05) is 53.4 Å². The fourth-order valence-electron chi connectivity index (χ4n) is 2.22. The van der Waals surface area contributed by atoms with Gasteiger partial charge in [0.15, 0.2) is 0 Å². The zero-order valence-electron chi connectivity index (χ0n) is 10.7. The van der Waals surface area contributed by atoms with Gasteiger partial charge in [-0.25, -0.2) is 0 Å². The number of hydrogen-bond donors (Lipinski definition) is 0. The summed E-state index contributed by atoms with van der Waals surface area (Å²) in [5.41, 5.74) is 1.76. The van der Waals surface area contributed by atoms with Crippen molar-refractivity contribution in [3.63, 3.8) is 0 Å². The number of nitrogens with zero attached hydrogens (tertiary/aromatic N) is 2. The lowest BCUT2D eigenvalue weighted by Crippen LogP contribution is -2.38. The van der Waals surface area contributed by atoms with Crippen LogP contribution in [0.15, 0.2) is 48.8 Å². The minimum absolute atomic E-state index is 0.0405. The van der Waals surface area contributed by atoms with E-state index in [0.717, 1.165) is 25.3 Å². The summed E-state index contributed by atoms with van der Waals surface area (Å²) in [4.78, 5) is 14.0. The summed E-state index contributed by atoms with van der Waals surface area (Å²) < 4.78 is 7.32. The molecule has 0 bridgehead atoms. The Morgan fingerprint density at radius 3 is 2.47 bits per heavy atom. The van der Waals surface area contributed by atoms with Gasteiger partial charge in [0.2, 0.25) is 0 Å². The van der Waals surface area contributed by atoms with Gasteiger partial charge in [-0.2, -0.15) is 0 Å². The Bertz CT molecular complexity index is 540. The van der Waals surface area contributed by atoms with E-state index in [1.165, 1.54) is 0 Å². The lowest BCUT2D eigenvalue weighted by atomic mass is 10.1. The maximum Gasteiger partial charge on any atom is 0.255 e. The van der Waals surface area contributed by atoms with E-state index in [9.17, 15) is 4.79 Å². The highest BCUT2D eigenvalue weighted by Crippen LogP contribution is 2.13. The molecule has 19 heavy (non-hydrogen) atoms. The Kier molecular flexibility index (Phi) is 3.33. The molecule has 1 aromatic heterocycles. The number of hydrogen-bond acceptors (Lipinski definition) is 2. The Balaban J connectivity index is 1.76. The molecule has 1 saturated heterocycles. The molecule has 4 heteroatoms. The van der Waals surface area contributed by atoms with Gasteiger partial charge in [-0.15, -0.1) is 0 Å². The highest BCUT2D eigenvalue weighted by Gasteiger charge is 2.18. The third-order valence-corrected chi connectivity index (χ3v) is 3.27. The maximum atomic E-state index is 12.2. The fraction of sp³-hybridized carbons (Fsp3) is 0.267. The van der Waals surface area contributed by atoms with Gasteiger partial charge in [-0.05, 0) is 42.8 Å². The van der Waals surface area contributed by atoms with Gasteiger partial charge >= 0.3 is 0 Å². The van der Waals surface area contributed by atoms with Gasteiger partial charge in [0.05, 0.1) is 6.61 Å². The number of aromatic nitrogens is 1. The topological polar surface area (TPSA) is 34.5 Å².